The van der Waals surface area contributed by atoms with Gasteiger partial charge >= 0.3 is 0 Å². The van der Waals surface area contributed by atoms with E-state index in [0.717, 1.165) is 0 Å². The summed E-state index contributed by atoms with van der Waals surface area (Å²) in [5.74, 6) is 7.04. The predicted molar refractivity (Wildman–Crippen MR) is 122 cm³/mol. The van der Waals surface area contributed by atoms with Gasteiger partial charge in [-0.3, -0.25) is 9.78 Å². The van der Waals surface area contributed by atoms with Crippen molar-refractivity contribution in [1.29, 1.82) is 0 Å². The maximum atomic E-state index is 13.0. The first-order chi connectivity index (χ1) is 15.4. The van der Waals surface area contributed by atoms with Gasteiger partial charge in [0, 0.05) is 29.8 Å². The van der Waals surface area contributed by atoms with E-state index in [2.05, 4.69) is 21.2 Å². The molecule has 0 aliphatic carbocycles. The number of hydrogen-bond donors (Lipinski definition) is 0. The number of pyridine rings is 1. The van der Waals surface area contributed by atoms with Gasteiger partial charge in [-0.1, -0.05) is 17.9 Å². The number of methoxy groups -OCH3 is 3. The topological polar surface area (TPSA) is 87.1 Å². The minimum absolute atomic E-state index is 0.196. The molecule has 1 unspecified atom stereocenters. The van der Waals surface area contributed by atoms with Crippen LogP contribution in [0.5, 0.6) is 17.2 Å². The number of amides is 1. The molecule has 1 aromatic heterocycles. The van der Waals surface area contributed by atoms with Crippen LogP contribution in [0.1, 0.15) is 21.5 Å². The van der Waals surface area contributed by atoms with Gasteiger partial charge in [0.2, 0.25) is 0 Å². The molecule has 0 aliphatic rings. The third kappa shape index (κ3) is 5.45. The maximum Gasteiger partial charge on any atom is 0.286 e. The third-order valence-corrected chi connectivity index (χ3v) is 6.10. The van der Waals surface area contributed by atoms with E-state index in [1.807, 2.05) is 0 Å². The second-order valence-electron chi connectivity index (χ2n) is 6.66. The second-order valence-corrected chi connectivity index (χ2v) is 8.92. The Morgan fingerprint density at radius 1 is 0.906 bits per heavy atom. The summed E-state index contributed by atoms with van der Waals surface area (Å²) in [6.45, 7) is 0. The SMILES string of the molecule is COc1cccc(S(C)(=O)=NC(=O)c2cncc(C#Cc3ccc(OC)c(OC)c3)c2)c1. The molecule has 2 aromatic carbocycles. The number of ether oxygens (including phenoxy) is 3. The fraction of sp³-hybridized carbons (Fsp3) is 0.167. The van der Waals surface area contributed by atoms with Crippen LogP contribution in [0, 0.1) is 11.8 Å². The number of carbonyl (C=O) groups is 1. The van der Waals surface area contributed by atoms with Crippen molar-refractivity contribution in [2.24, 2.45) is 4.36 Å². The summed E-state index contributed by atoms with van der Waals surface area (Å²) >= 11 is 0. The fourth-order valence-corrected chi connectivity index (χ4v) is 3.98. The molecule has 0 fully saturated rings. The molecule has 1 heterocycles. The molecule has 0 N–H and O–H groups in total. The van der Waals surface area contributed by atoms with Gasteiger partial charge in [0.25, 0.3) is 5.91 Å². The lowest BCUT2D eigenvalue weighted by Gasteiger charge is -2.07. The predicted octanol–water partition coefficient (Wildman–Crippen LogP) is 3.80. The zero-order valence-electron chi connectivity index (χ0n) is 18.1. The van der Waals surface area contributed by atoms with Gasteiger partial charge < -0.3 is 14.2 Å². The molecule has 0 aliphatic heterocycles. The van der Waals surface area contributed by atoms with Crippen molar-refractivity contribution in [2.75, 3.05) is 27.6 Å². The molecule has 1 amide bonds. The van der Waals surface area contributed by atoms with Gasteiger partial charge in [-0.15, -0.1) is 0 Å². The average molecular weight is 451 g/mol. The van der Waals surface area contributed by atoms with Gasteiger partial charge in [-0.2, -0.15) is 4.36 Å². The lowest BCUT2D eigenvalue weighted by molar-refractivity contribution is 0.100. The van der Waals surface area contributed by atoms with Gasteiger partial charge in [0.1, 0.15) is 5.75 Å². The van der Waals surface area contributed by atoms with Crippen LogP contribution in [-0.2, 0) is 9.73 Å². The lowest BCUT2D eigenvalue weighted by atomic mass is 10.1. The van der Waals surface area contributed by atoms with E-state index in [0.29, 0.717) is 33.3 Å². The number of rotatable bonds is 5. The molecule has 0 spiro atoms. The van der Waals surface area contributed by atoms with Crippen molar-refractivity contribution in [2.45, 2.75) is 4.90 Å². The van der Waals surface area contributed by atoms with Crippen molar-refractivity contribution in [3.63, 3.8) is 0 Å². The summed E-state index contributed by atoms with van der Waals surface area (Å²) < 4.78 is 32.6. The average Bonchev–Trinajstić information content (AvgIpc) is 2.82. The largest absolute Gasteiger partial charge is 0.497 e. The van der Waals surface area contributed by atoms with Crippen molar-refractivity contribution in [3.05, 3.63) is 77.6 Å². The van der Waals surface area contributed by atoms with Crippen molar-refractivity contribution >= 4 is 15.6 Å². The first kappa shape index (κ1) is 22.8. The van der Waals surface area contributed by atoms with Gasteiger partial charge in [-0.05, 0) is 42.5 Å². The quantitative estimate of drug-likeness (QED) is 0.550. The molecular weight excluding hydrogens is 428 g/mol. The van der Waals surface area contributed by atoms with E-state index in [9.17, 15) is 9.00 Å². The Bertz CT molecular complexity index is 1330. The molecule has 3 rings (SSSR count). The molecule has 0 saturated heterocycles. The normalized spacial score (nSPS) is 12.0. The van der Waals surface area contributed by atoms with Crippen LogP contribution >= 0.6 is 0 Å². The van der Waals surface area contributed by atoms with E-state index in [-0.39, 0.29) is 5.56 Å². The first-order valence-corrected chi connectivity index (χ1v) is 11.4. The van der Waals surface area contributed by atoms with E-state index < -0.39 is 15.6 Å². The van der Waals surface area contributed by atoms with Crippen LogP contribution in [0.4, 0.5) is 0 Å². The molecule has 7 nitrogen and oxygen atoms in total. The van der Waals surface area contributed by atoms with Crippen LogP contribution in [0.2, 0.25) is 0 Å². The van der Waals surface area contributed by atoms with E-state index >= 15 is 0 Å². The first-order valence-electron chi connectivity index (χ1n) is 9.46. The Hall–Kier alpha value is -3.83. The smallest absolute Gasteiger partial charge is 0.286 e. The number of carbonyl (C=O) groups excluding carboxylic acids is 1. The zero-order valence-corrected chi connectivity index (χ0v) is 18.9. The fourth-order valence-electron chi connectivity index (χ4n) is 2.78. The molecule has 0 bridgehead atoms. The molecule has 8 heteroatoms. The lowest BCUT2D eigenvalue weighted by Crippen LogP contribution is -2.05. The highest BCUT2D eigenvalue weighted by atomic mass is 32.2. The van der Waals surface area contributed by atoms with E-state index in [1.54, 1.807) is 62.8 Å². The standard InChI is InChI=1S/C24H22N2O5S/c1-29-20-6-5-7-21(14-20)32(4,28)26-24(27)19-12-18(15-25-16-19)9-8-17-10-11-22(30-2)23(13-17)31-3/h5-7,10-16H,1-4H3. The van der Waals surface area contributed by atoms with Gasteiger partial charge in [-0.25, -0.2) is 4.21 Å². The van der Waals surface area contributed by atoms with Crippen LogP contribution in [0.3, 0.4) is 0 Å². The molecule has 0 saturated carbocycles. The third-order valence-electron chi connectivity index (χ3n) is 4.46. The molecule has 3 aromatic rings. The Morgan fingerprint density at radius 2 is 1.66 bits per heavy atom. The Kier molecular flexibility index (Phi) is 7.13. The van der Waals surface area contributed by atoms with Crippen LogP contribution in [0.25, 0.3) is 0 Å². The minimum Gasteiger partial charge on any atom is -0.497 e. The molecule has 1 atom stereocenters. The Balaban J connectivity index is 1.88. The van der Waals surface area contributed by atoms with Crippen LogP contribution < -0.4 is 14.2 Å². The summed E-state index contributed by atoms with van der Waals surface area (Å²) in [5.41, 5.74) is 1.42. The van der Waals surface area contributed by atoms with Crippen LogP contribution in [0.15, 0.2) is 70.2 Å². The molecule has 32 heavy (non-hydrogen) atoms. The van der Waals surface area contributed by atoms with Crippen molar-refractivity contribution < 1.29 is 23.2 Å². The maximum absolute atomic E-state index is 13.0. The monoisotopic (exact) mass is 450 g/mol. The number of benzene rings is 2. The van der Waals surface area contributed by atoms with Crippen LogP contribution in [-0.4, -0.2) is 42.7 Å². The Morgan fingerprint density at radius 3 is 2.38 bits per heavy atom. The summed E-state index contributed by atoms with van der Waals surface area (Å²) in [5, 5.41) is 0. The number of nitrogens with zero attached hydrogens (tertiary/aromatic N) is 2. The highest BCUT2D eigenvalue weighted by molar-refractivity contribution is 7.93. The zero-order chi connectivity index (χ0) is 23.1. The van der Waals surface area contributed by atoms with Gasteiger partial charge in [0.15, 0.2) is 11.5 Å². The molecule has 164 valence electrons. The number of hydrogen-bond acceptors (Lipinski definition) is 6. The minimum atomic E-state index is -2.97. The van der Waals surface area contributed by atoms with Crippen molar-refractivity contribution in [3.8, 4) is 29.1 Å². The second kappa shape index (κ2) is 9.98. The molecule has 0 radical (unpaired) electrons. The van der Waals surface area contributed by atoms with Gasteiger partial charge in [0.05, 0.1) is 41.5 Å². The van der Waals surface area contributed by atoms with E-state index in [4.69, 9.17) is 14.2 Å². The number of aromatic nitrogens is 1. The summed E-state index contributed by atoms with van der Waals surface area (Å²) in [4.78, 5) is 17.1. The van der Waals surface area contributed by atoms with Crippen molar-refractivity contribution in [1.82, 2.24) is 4.98 Å². The summed E-state index contributed by atoms with van der Waals surface area (Å²) in [7, 11) is 1.66. The Labute approximate surface area is 187 Å². The highest BCUT2D eigenvalue weighted by Crippen LogP contribution is 2.27. The molecular formula is C24H22N2O5S. The highest BCUT2D eigenvalue weighted by Gasteiger charge is 2.13. The van der Waals surface area contributed by atoms with E-state index in [1.165, 1.54) is 25.8 Å². The summed E-state index contributed by atoms with van der Waals surface area (Å²) in [6, 6.07) is 13.5. The summed E-state index contributed by atoms with van der Waals surface area (Å²) in [6.07, 6.45) is 4.32.